The lowest BCUT2D eigenvalue weighted by Crippen LogP contribution is -2.53. The van der Waals surface area contributed by atoms with Gasteiger partial charge in [0.2, 0.25) is 0 Å². The van der Waals surface area contributed by atoms with Gasteiger partial charge in [-0.1, -0.05) is 24.9 Å². The van der Waals surface area contributed by atoms with Crippen LogP contribution in [0.3, 0.4) is 0 Å². The highest BCUT2D eigenvalue weighted by atomic mass is 35.5. The lowest BCUT2D eigenvalue weighted by Gasteiger charge is -2.43. The zero-order valence-electron chi connectivity index (χ0n) is 20.9. The van der Waals surface area contributed by atoms with Gasteiger partial charge in [0.05, 0.1) is 18.5 Å². The van der Waals surface area contributed by atoms with Gasteiger partial charge in [-0.15, -0.1) is 0 Å². The van der Waals surface area contributed by atoms with Gasteiger partial charge in [0, 0.05) is 44.0 Å². The summed E-state index contributed by atoms with van der Waals surface area (Å²) in [5.41, 5.74) is 7.98. The zero-order valence-corrected chi connectivity index (χ0v) is 21.6. The van der Waals surface area contributed by atoms with Crippen LogP contribution in [0.4, 0.5) is 17.2 Å². The molecule has 2 aliphatic rings. The van der Waals surface area contributed by atoms with E-state index >= 15 is 0 Å². The second-order valence-electron chi connectivity index (χ2n) is 9.34. The van der Waals surface area contributed by atoms with E-state index in [4.69, 9.17) is 22.1 Å². The number of primary amides is 1. The Morgan fingerprint density at radius 2 is 1.89 bits per heavy atom. The molecule has 1 aromatic heterocycles. The Bertz CT molecular complexity index is 1030. The smallest absolute Gasteiger partial charge is 0.271 e. The third-order valence-corrected chi connectivity index (χ3v) is 7.24. The first-order chi connectivity index (χ1) is 16.9. The number of piperidine rings is 1. The molecule has 9 nitrogen and oxygen atoms in total. The minimum absolute atomic E-state index is 0.0749. The van der Waals surface area contributed by atoms with E-state index in [1.807, 2.05) is 25.1 Å². The summed E-state index contributed by atoms with van der Waals surface area (Å²) in [7, 11) is 3.87. The maximum atomic E-state index is 12.0. The van der Waals surface area contributed by atoms with Crippen molar-refractivity contribution >= 4 is 34.7 Å². The monoisotopic (exact) mass is 501 g/mol. The Balaban J connectivity index is 1.47. The molecule has 3 N–H and O–H groups in total. The van der Waals surface area contributed by atoms with Gasteiger partial charge in [0.1, 0.15) is 5.75 Å². The molecule has 35 heavy (non-hydrogen) atoms. The van der Waals surface area contributed by atoms with Crippen molar-refractivity contribution < 1.29 is 9.53 Å². The van der Waals surface area contributed by atoms with Crippen molar-refractivity contribution in [2.45, 2.75) is 38.6 Å². The van der Waals surface area contributed by atoms with E-state index in [1.54, 1.807) is 7.11 Å². The van der Waals surface area contributed by atoms with Gasteiger partial charge in [-0.05, 0) is 51.5 Å². The van der Waals surface area contributed by atoms with Crippen molar-refractivity contribution in [1.29, 1.82) is 0 Å². The minimum atomic E-state index is -0.653. The van der Waals surface area contributed by atoms with Crippen LogP contribution in [0.25, 0.3) is 0 Å². The highest BCUT2D eigenvalue weighted by Crippen LogP contribution is 2.34. The molecule has 0 saturated carbocycles. The topological polar surface area (TPSA) is 99.8 Å². The number of amides is 1. The van der Waals surface area contributed by atoms with E-state index in [2.05, 4.69) is 37.0 Å². The molecule has 2 saturated heterocycles. The number of nitrogens with zero attached hydrogens (tertiary/aromatic N) is 5. The summed E-state index contributed by atoms with van der Waals surface area (Å²) in [6, 6.07) is 6.58. The average molecular weight is 502 g/mol. The molecule has 190 valence electrons. The molecule has 0 bridgehead atoms. The van der Waals surface area contributed by atoms with Crippen LogP contribution in [0.2, 0.25) is 5.15 Å². The molecule has 10 heteroatoms. The molecule has 3 heterocycles. The summed E-state index contributed by atoms with van der Waals surface area (Å²) in [6.45, 7) is 8.40. The highest BCUT2D eigenvalue weighted by molar-refractivity contribution is 6.30. The van der Waals surface area contributed by atoms with E-state index in [1.165, 1.54) is 25.9 Å². The molecule has 0 unspecified atom stereocenters. The number of anilines is 3. The molecule has 4 rings (SSSR count). The summed E-state index contributed by atoms with van der Waals surface area (Å²) in [6.07, 6.45) is 3.96. The summed E-state index contributed by atoms with van der Waals surface area (Å²) >= 11 is 6.31. The van der Waals surface area contributed by atoms with E-state index in [0.29, 0.717) is 23.8 Å². The number of piperazine rings is 1. The maximum absolute atomic E-state index is 12.0. The van der Waals surface area contributed by atoms with E-state index in [0.717, 1.165) is 44.0 Å². The number of ether oxygens (including phenoxy) is 1. The number of rotatable bonds is 8. The maximum Gasteiger partial charge on any atom is 0.271 e. The van der Waals surface area contributed by atoms with E-state index in [-0.39, 0.29) is 16.7 Å². The Kier molecular flexibility index (Phi) is 8.30. The second kappa shape index (κ2) is 11.4. The first kappa shape index (κ1) is 25.5. The predicted molar refractivity (Wildman–Crippen MR) is 140 cm³/mol. The Morgan fingerprint density at radius 3 is 2.51 bits per heavy atom. The number of benzene rings is 1. The third-order valence-electron chi connectivity index (χ3n) is 6.94. The van der Waals surface area contributed by atoms with Crippen molar-refractivity contribution in [3.63, 3.8) is 0 Å². The largest absolute Gasteiger partial charge is 0.495 e. The van der Waals surface area contributed by atoms with E-state index in [9.17, 15) is 4.79 Å². The Labute approximate surface area is 212 Å². The number of nitrogens with one attached hydrogen (secondary N) is 1. The quantitative estimate of drug-likeness (QED) is 0.569. The summed E-state index contributed by atoms with van der Waals surface area (Å²) < 4.78 is 5.73. The van der Waals surface area contributed by atoms with E-state index < -0.39 is 5.91 Å². The number of nitrogens with two attached hydrogens (primary N) is 1. The second-order valence-corrected chi connectivity index (χ2v) is 9.70. The number of aryl methyl sites for hydroxylation is 1. The fourth-order valence-corrected chi connectivity index (χ4v) is 5.17. The lowest BCUT2D eigenvalue weighted by molar-refractivity contribution is 0.0996. The molecule has 2 aromatic rings. The highest BCUT2D eigenvalue weighted by Gasteiger charge is 2.27. The SMILES string of the molecule is CCCc1nc(C(N)=O)c(Nc2ccc(N3CCN(C4CCN(C)CC4)CC3)c(OC)c2)nc1Cl. The molecular weight excluding hydrogens is 466 g/mol. The van der Waals surface area contributed by atoms with Crippen LogP contribution in [0.5, 0.6) is 5.75 Å². The fraction of sp³-hybridized carbons (Fsp3) is 0.560. The van der Waals surface area contributed by atoms with Crippen molar-refractivity contribution in [3.05, 3.63) is 34.7 Å². The summed E-state index contributed by atoms with van der Waals surface area (Å²) in [5.74, 6) is 0.342. The molecule has 0 atom stereocenters. The van der Waals surface area contributed by atoms with Crippen molar-refractivity contribution in [3.8, 4) is 5.75 Å². The van der Waals surface area contributed by atoms with Gasteiger partial charge in [-0.3, -0.25) is 9.69 Å². The first-order valence-electron chi connectivity index (χ1n) is 12.4. The minimum Gasteiger partial charge on any atom is -0.495 e. The third kappa shape index (κ3) is 5.97. The molecule has 0 radical (unpaired) electrons. The summed E-state index contributed by atoms with van der Waals surface area (Å²) in [5, 5.41) is 3.42. The lowest BCUT2D eigenvalue weighted by atomic mass is 10.0. The van der Waals surface area contributed by atoms with Gasteiger partial charge >= 0.3 is 0 Å². The van der Waals surface area contributed by atoms with Crippen molar-refractivity contribution in [1.82, 2.24) is 19.8 Å². The van der Waals surface area contributed by atoms with Crippen LogP contribution < -0.4 is 20.7 Å². The van der Waals surface area contributed by atoms with Crippen molar-refractivity contribution in [2.24, 2.45) is 5.73 Å². The van der Waals surface area contributed by atoms with Gasteiger partial charge in [0.15, 0.2) is 16.7 Å². The predicted octanol–water partition coefficient (Wildman–Crippen LogP) is 3.15. The molecule has 2 fully saturated rings. The number of carbonyl (C=O) groups excluding carboxylic acids is 1. The zero-order chi connectivity index (χ0) is 24.9. The number of methoxy groups -OCH3 is 1. The number of aromatic nitrogens is 2. The van der Waals surface area contributed by atoms with Crippen LogP contribution in [0, 0.1) is 0 Å². The Hall–Kier alpha value is -2.62. The molecule has 1 amide bonds. The number of carbonyl (C=O) groups is 1. The molecule has 0 spiro atoms. The number of halogens is 1. The van der Waals surface area contributed by atoms with Crippen LogP contribution in [0.15, 0.2) is 18.2 Å². The van der Waals surface area contributed by atoms with Crippen LogP contribution >= 0.6 is 11.6 Å². The average Bonchev–Trinajstić information content (AvgIpc) is 2.86. The normalized spacial score (nSPS) is 18.0. The van der Waals surface area contributed by atoms with Crippen LogP contribution in [-0.2, 0) is 6.42 Å². The van der Waals surface area contributed by atoms with Crippen LogP contribution in [0.1, 0.15) is 42.4 Å². The van der Waals surface area contributed by atoms with Crippen molar-refractivity contribution in [2.75, 3.05) is 63.6 Å². The van der Waals surface area contributed by atoms with Crippen LogP contribution in [-0.4, -0.2) is 85.1 Å². The standard InChI is InChI=1S/C25H36ClN7O2/c1-4-5-19-23(26)30-25(22(29-19)24(27)34)28-17-6-7-20(21(16-17)35-3)33-14-12-32(13-15-33)18-8-10-31(2)11-9-18/h6-7,16,18H,4-5,8-15H2,1-3H3,(H2,27,34)(H,28,30). The molecule has 0 aliphatic carbocycles. The molecule has 1 aromatic carbocycles. The fourth-order valence-electron chi connectivity index (χ4n) is 4.95. The number of hydrogen-bond acceptors (Lipinski definition) is 8. The first-order valence-corrected chi connectivity index (χ1v) is 12.8. The van der Waals surface area contributed by atoms with Gasteiger partial charge < -0.3 is 25.6 Å². The number of likely N-dealkylation sites (tertiary alicyclic amines) is 1. The Morgan fingerprint density at radius 1 is 1.17 bits per heavy atom. The van der Waals surface area contributed by atoms with Gasteiger partial charge in [0.25, 0.3) is 5.91 Å². The van der Waals surface area contributed by atoms with Gasteiger partial charge in [-0.2, -0.15) is 0 Å². The summed E-state index contributed by atoms with van der Waals surface area (Å²) in [4.78, 5) is 28.2. The van der Waals surface area contributed by atoms with Gasteiger partial charge in [-0.25, -0.2) is 9.97 Å². The number of hydrogen-bond donors (Lipinski definition) is 2. The molecule has 2 aliphatic heterocycles. The molecular formula is C25H36ClN7O2.